The van der Waals surface area contributed by atoms with Crippen molar-refractivity contribution in [1.29, 1.82) is 0 Å². The van der Waals surface area contributed by atoms with E-state index in [0.717, 1.165) is 5.56 Å². The third-order valence-electron chi connectivity index (χ3n) is 3.03. The van der Waals surface area contributed by atoms with Gasteiger partial charge in [-0.25, -0.2) is 4.79 Å². The fourth-order valence-electron chi connectivity index (χ4n) is 1.88. The summed E-state index contributed by atoms with van der Waals surface area (Å²) in [5.41, 5.74) is 1.16. The van der Waals surface area contributed by atoms with E-state index in [1.807, 2.05) is 18.2 Å². The lowest BCUT2D eigenvalue weighted by Gasteiger charge is -2.12. The average Bonchev–Trinajstić information content (AvgIpc) is 2.58. The standard InChI is InChI=1S/C18H15ClO4/c1-3-10-22-18(20)13-8-9-16(21-2)17(11-13)23-12-14-6-4-5-7-15(14)19/h1,4-9,11H,10,12H2,2H3. The van der Waals surface area contributed by atoms with Gasteiger partial charge in [-0.1, -0.05) is 35.7 Å². The van der Waals surface area contributed by atoms with Crippen LogP contribution in [-0.4, -0.2) is 19.7 Å². The van der Waals surface area contributed by atoms with E-state index >= 15 is 0 Å². The maximum Gasteiger partial charge on any atom is 0.339 e. The molecule has 0 atom stereocenters. The van der Waals surface area contributed by atoms with Gasteiger partial charge in [-0.05, 0) is 24.3 Å². The van der Waals surface area contributed by atoms with E-state index in [2.05, 4.69) is 5.92 Å². The van der Waals surface area contributed by atoms with E-state index in [-0.39, 0.29) is 13.2 Å². The molecule has 0 aliphatic carbocycles. The van der Waals surface area contributed by atoms with Gasteiger partial charge in [-0.3, -0.25) is 0 Å². The van der Waals surface area contributed by atoms with Gasteiger partial charge in [0.15, 0.2) is 18.1 Å². The summed E-state index contributed by atoms with van der Waals surface area (Å²) < 4.78 is 15.9. The highest BCUT2D eigenvalue weighted by Crippen LogP contribution is 2.30. The number of ether oxygens (including phenoxy) is 3. The first kappa shape index (κ1) is 16.7. The molecule has 0 amide bonds. The van der Waals surface area contributed by atoms with Crippen LogP contribution in [0.2, 0.25) is 5.02 Å². The molecule has 2 rings (SSSR count). The molecule has 5 heteroatoms. The van der Waals surface area contributed by atoms with Crippen molar-refractivity contribution in [2.45, 2.75) is 6.61 Å². The maximum absolute atomic E-state index is 11.8. The van der Waals surface area contributed by atoms with Gasteiger partial charge in [0, 0.05) is 10.6 Å². The van der Waals surface area contributed by atoms with Gasteiger partial charge in [0.05, 0.1) is 12.7 Å². The fraction of sp³-hybridized carbons (Fsp3) is 0.167. The van der Waals surface area contributed by atoms with Gasteiger partial charge >= 0.3 is 5.97 Å². The number of carbonyl (C=O) groups excluding carboxylic acids is 1. The lowest BCUT2D eigenvalue weighted by Crippen LogP contribution is -2.06. The Morgan fingerprint density at radius 2 is 2.00 bits per heavy atom. The minimum absolute atomic E-state index is 0.0827. The molecular formula is C18H15ClO4. The molecule has 2 aromatic rings. The van der Waals surface area contributed by atoms with Crippen LogP contribution in [0.25, 0.3) is 0 Å². The molecule has 0 saturated heterocycles. The topological polar surface area (TPSA) is 44.8 Å². The second-order valence-corrected chi connectivity index (χ2v) is 4.93. The van der Waals surface area contributed by atoms with E-state index in [0.29, 0.717) is 22.1 Å². The number of halogens is 1. The minimum atomic E-state index is -0.520. The molecular weight excluding hydrogens is 316 g/mol. The van der Waals surface area contributed by atoms with Crippen molar-refractivity contribution in [2.75, 3.05) is 13.7 Å². The van der Waals surface area contributed by atoms with Crippen molar-refractivity contribution in [3.8, 4) is 23.8 Å². The molecule has 0 aliphatic rings. The van der Waals surface area contributed by atoms with Gasteiger partial charge in [0.25, 0.3) is 0 Å². The van der Waals surface area contributed by atoms with Crippen molar-refractivity contribution in [3.63, 3.8) is 0 Å². The van der Waals surface area contributed by atoms with Crippen molar-refractivity contribution in [2.24, 2.45) is 0 Å². The van der Waals surface area contributed by atoms with Crippen LogP contribution in [0.15, 0.2) is 42.5 Å². The minimum Gasteiger partial charge on any atom is -0.493 e. The Labute approximate surface area is 139 Å². The van der Waals surface area contributed by atoms with E-state index in [4.69, 9.17) is 32.2 Å². The summed E-state index contributed by atoms with van der Waals surface area (Å²) in [6.45, 7) is 0.166. The number of terminal acetylenes is 1. The van der Waals surface area contributed by atoms with Gasteiger partial charge in [-0.15, -0.1) is 6.42 Å². The Bertz CT molecular complexity index is 734. The van der Waals surface area contributed by atoms with Crippen LogP contribution >= 0.6 is 11.6 Å². The summed E-state index contributed by atoms with van der Waals surface area (Å²) in [6, 6.07) is 12.1. The first-order chi connectivity index (χ1) is 11.2. The zero-order valence-corrected chi connectivity index (χ0v) is 13.3. The highest BCUT2D eigenvalue weighted by molar-refractivity contribution is 6.31. The maximum atomic E-state index is 11.8. The van der Waals surface area contributed by atoms with E-state index in [9.17, 15) is 4.79 Å². The van der Waals surface area contributed by atoms with Crippen LogP contribution in [0.3, 0.4) is 0 Å². The largest absolute Gasteiger partial charge is 0.493 e. The summed E-state index contributed by atoms with van der Waals surface area (Å²) >= 11 is 6.10. The summed E-state index contributed by atoms with van der Waals surface area (Å²) in [4.78, 5) is 11.8. The smallest absolute Gasteiger partial charge is 0.339 e. The number of hydrogen-bond donors (Lipinski definition) is 0. The lowest BCUT2D eigenvalue weighted by molar-refractivity contribution is 0.0556. The predicted molar refractivity (Wildman–Crippen MR) is 87.9 cm³/mol. The molecule has 0 unspecified atom stereocenters. The Balaban J connectivity index is 2.17. The SMILES string of the molecule is C#CCOC(=O)c1ccc(OC)c(OCc2ccccc2Cl)c1. The zero-order chi connectivity index (χ0) is 16.7. The van der Waals surface area contributed by atoms with Crippen molar-refractivity contribution in [3.05, 3.63) is 58.6 Å². The summed E-state index contributed by atoms with van der Waals surface area (Å²) in [5.74, 6) is 2.65. The van der Waals surface area contributed by atoms with Crippen LogP contribution in [0.5, 0.6) is 11.5 Å². The van der Waals surface area contributed by atoms with E-state index < -0.39 is 5.97 Å². The molecule has 2 aromatic carbocycles. The monoisotopic (exact) mass is 330 g/mol. The quantitative estimate of drug-likeness (QED) is 0.598. The molecule has 0 saturated carbocycles. The predicted octanol–water partition coefficient (Wildman–Crippen LogP) is 3.72. The van der Waals surface area contributed by atoms with Gasteiger partial charge < -0.3 is 14.2 Å². The zero-order valence-electron chi connectivity index (χ0n) is 12.5. The molecule has 0 bridgehead atoms. The summed E-state index contributed by atoms with van der Waals surface area (Å²) in [5, 5.41) is 0.607. The number of hydrogen-bond acceptors (Lipinski definition) is 4. The third kappa shape index (κ3) is 4.41. The lowest BCUT2D eigenvalue weighted by atomic mass is 10.2. The molecule has 0 spiro atoms. The molecule has 4 nitrogen and oxygen atoms in total. The average molecular weight is 331 g/mol. The normalized spacial score (nSPS) is 9.78. The van der Waals surface area contributed by atoms with Crippen LogP contribution in [0, 0.1) is 12.3 Å². The Kier molecular flexibility index (Phi) is 5.90. The number of carbonyl (C=O) groups is 1. The highest BCUT2D eigenvalue weighted by Gasteiger charge is 2.13. The van der Waals surface area contributed by atoms with Gasteiger partial charge in [-0.2, -0.15) is 0 Å². The Morgan fingerprint density at radius 1 is 1.22 bits per heavy atom. The van der Waals surface area contributed by atoms with Crippen molar-refractivity contribution >= 4 is 17.6 Å². The van der Waals surface area contributed by atoms with Crippen molar-refractivity contribution in [1.82, 2.24) is 0 Å². The van der Waals surface area contributed by atoms with Crippen molar-refractivity contribution < 1.29 is 19.0 Å². The molecule has 0 fully saturated rings. The second kappa shape index (κ2) is 8.11. The fourth-order valence-corrected chi connectivity index (χ4v) is 2.07. The molecule has 0 N–H and O–H groups in total. The Hall–Kier alpha value is -2.64. The first-order valence-corrected chi connectivity index (χ1v) is 7.18. The molecule has 0 aliphatic heterocycles. The molecule has 0 heterocycles. The van der Waals surface area contributed by atoms with Crippen LogP contribution in [0.4, 0.5) is 0 Å². The van der Waals surface area contributed by atoms with Gasteiger partial charge in [0.1, 0.15) is 6.61 Å². The molecule has 23 heavy (non-hydrogen) atoms. The molecule has 0 aromatic heterocycles. The van der Waals surface area contributed by atoms with E-state index in [1.54, 1.807) is 24.3 Å². The number of methoxy groups -OCH3 is 1. The number of benzene rings is 2. The van der Waals surface area contributed by atoms with E-state index in [1.165, 1.54) is 7.11 Å². The Morgan fingerprint density at radius 3 is 2.70 bits per heavy atom. The summed E-state index contributed by atoms with van der Waals surface area (Å²) in [6.07, 6.45) is 5.07. The third-order valence-corrected chi connectivity index (χ3v) is 3.40. The van der Waals surface area contributed by atoms with Crippen LogP contribution < -0.4 is 9.47 Å². The van der Waals surface area contributed by atoms with Gasteiger partial charge in [0.2, 0.25) is 0 Å². The number of rotatable bonds is 6. The van der Waals surface area contributed by atoms with Crippen LogP contribution in [0.1, 0.15) is 15.9 Å². The van der Waals surface area contributed by atoms with Crippen LogP contribution in [-0.2, 0) is 11.3 Å². The summed E-state index contributed by atoms with van der Waals surface area (Å²) in [7, 11) is 1.52. The number of esters is 1. The molecule has 118 valence electrons. The second-order valence-electron chi connectivity index (χ2n) is 4.53. The highest BCUT2D eigenvalue weighted by atomic mass is 35.5. The molecule has 0 radical (unpaired) electrons. The first-order valence-electron chi connectivity index (χ1n) is 6.80.